The molecule has 3 aromatic rings. The SMILES string of the molecule is Cc1cc(Oc2cncc(Cl)c2)cc(C(=O)Nc2ccc(Cl)cn2)n1. The van der Waals surface area contributed by atoms with Crippen LogP contribution in [0.2, 0.25) is 10.0 Å². The Labute approximate surface area is 153 Å². The van der Waals surface area contributed by atoms with Gasteiger partial charge in [0.2, 0.25) is 0 Å². The first kappa shape index (κ1) is 17.1. The van der Waals surface area contributed by atoms with E-state index in [0.717, 1.165) is 0 Å². The summed E-state index contributed by atoms with van der Waals surface area (Å²) in [6, 6.07) is 8.10. The standard InChI is InChI=1S/C17H12Cl2N4O2/c1-10-4-13(25-14-5-12(19)7-20-9-14)6-15(22-10)17(24)23-16-3-2-11(18)8-21-16/h2-9H,1H3,(H,21,23,24). The van der Waals surface area contributed by atoms with E-state index >= 15 is 0 Å². The number of carbonyl (C=O) groups excluding carboxylic acids is 1. The largest absolute Gasteiger partial charge is 0.456 e. The Morgan fingerprint density at radius 2 is 1.88 bits per heavy atom. The molecule has 3 aromatic heterocycles. The van der Waals surface area contributed by atoms with Crippen molar-refractivity contribution in [3.63, 3.8) is 0 Å². The van der Waals surface area contributed by atoms with Gasteiger partial charge >= 0.3 is 0 Å². The Hall–Kier alpha value is -2.70. The number of ether oxygens (including phenoxy) is 1. The Morgan fingerprint density at radius 3 is 2.60 bits per heavy atom. The van der Waals surface area contributed by atoms with Crippen LogP contribution < -0.4 is 10.1 Å². The molecule has 25 heavy (non-hydrogen) atoms. The number of halogens is 2. The van der Waals surface area contributed by atoms with Crippen LogP contribution >= 0.6 is 23.2 Å². The molecule has 0 atom stereocenters. The summed E-state index contributed by atoms with van der Waals surface area (Å²) < 4.78 is 5.70. The van der Waals surface area contributed by atoms with E-state index < -0.39 is 5.91 Å². The first-order valence-electron chi connectivity index (χ1n) is 7.19. The predicted octanol–water partition coefficient (Wildman–Crippen LogP) is 4.53. The lowest BCUT2D eigenvalue weighted by Gasteiger charge is -2.09. The van der Waals surface area contributed by atoms with E-state index in [9.17, 15) is 4.79 Å². The van der Waals surface area contributed by atoms with Gasteiger partial charge in [-0.05, 0) is 19.1 Å². The third-order valence-corrected chi connectivity index (χ3v) is 3.47. The topological polar surface area (TPSA) is 77.0 Å². The van der Waals surface area contributed by atoms with Crippen LogP contribution in [0.5, 0.6) is 11.5 Å². The molecule has 3 heterocycles. The molecule has 1 amide bonds. The van der Waals surface area contributed by atoms with Gasteiger partial charge < -0.3 is 10.1 Å². The molecule has 0 radical (unpaired) electrons. The Morgan fingerprint density at radius 1 is 1.04 bits per heavy atom. The van der Waals surface area contributed by atoms with Crippen molar-refractivity contribution in [2.45, 2.75) is 6.92 Å². The second-order valence-corrected chi connectivity index (χ2v) is 5.96. The zero-order valence-corrected chi connectivity index (χ0v) is 14.5. The zero-order valence-electron chi connectivity index (χ0n) is 13.0. The summed E-state index contributed by atoms with van der Waals surface area (Å²) in [6.45, 7) is 1.76. The lowest BCUT2D eigenvalue weighted by Crippen LogP contribution is -2.15. The Balaban J connectivity index is 1.80. The maximum atomic E-state index is 12.4. The van der Waals surface area contributed by atoms with Crippen LogP contribution in [0.1, 0.15) is 16.2 Å². The van der Waals surface area contributed by atoms with Gasteiger partial charge in [-0.2, -0.15) is 0 Å². The summed E-state index contributed by atoms with van der Waals surface area (Å²) in [5.74, 6) is 0.876. The van der Waals surface area contributed by atoms with Crippen LogP contribution in [0.4, 0.5) is 5.82 Å². The van der Waals surface area contributed by atoms with Gasteiger partial charge in [0, 0.05) is 36.3 Å². The Kier molecular flexibility index (Phi) is 5.11. The van der Waals surface area contributed by atoms with Crippen molar-refractivity contribution in [3.05, 3.63) is 70.4 Å². The molecule has 0 saturated heterocycles. The highest BCUT2D eigenvalue weighted by atomic mass is 35.5. The summed E-state index contributed by atoms with van der Waals surface area (Å²) in [4.78, 5) is 24.6. The minimum Gasteiger partial charge on any atom is -0.456 e. The van der Waals surface area contributed by atoms with E-state index in [4.69, 9.17) is 27.9 Å². The second kappa shape index (κ2) is 7.46. The van der Waals surface area contributed by atoms with E-state index in [0.29, 0.717) is 33.1 Å². The molecule has 0 aliphatic rings. The van der Waals surface area contributed by atoms with Gasteiger partial charge in [-0.15, -0.1) is 0 Å². The maximum absolute atomic E-state index is 12.4. The number of carbonyl (C=O) groups is 1. The van der Waals surface area contributed by atoms with Crippen LogP contribution in [0.15, 0.2) is 48.9 Å². The minimum atomic E-state index is -0.410. The van der Waals surface area contributed by atoms with Crippen LogP contribution in [-0.2, 0) is 0 Å². The number of pyridine rings is 3. The third-order valence-electron chi connectivity index (χ3n) is 3.04. The van der Waals surface area contributed by atoms with Crippen molar-refractivity contribution in [1.82, 2.24) is 15.0 Å². The molecule has 0 spiro atoms. The highest BCUT2D eigenvalue weighted by Crippen LogP contribution is 2.24. The van der Waals surface area contributed by atoms with Gasteiger partial charge in [-0.1, -0.05) is 23.2 Å². The number of aryl methyl sites for hydroxylation is 1. The monoisotopic (exact) mass is 374 g/mol. The normalized spacial score (nSPS) is 10.4. The van der Waals surface area contributed by atoms with E-state index in [-0.39, 0.29) is 5.69 Å². The molecular weight excluding hydrogens is 363 g/mol. The molecule has 6 nitrogen and oxygen atoms in total. The number of hydrogen-bond donors (Lipinski definition) is 1. The summed E-state index contributed by atoms with van der Waals surface area (Å²) in [7, 11) is 0. The maximum Gasteiger partial charge on any atom is 0.275 e. The smallest absolute Gasteiger partial charge is 0.275 e. The number of rotatable bonds is 4. The molecule has 8 heteroatoms. The molecule has 0 bridgehead atoms. The minimum absolute atomic E-state index is 0.196. The predicted molar refractivity (Wildman–Crippen MR) is 95.5 cm³/mol. The van der Waals surface area contributed by atoms with Gasteiger partial charge in [0.05, 0.1) is 16.2 Å². The first-order valence-corrected chi connectivity index (χ1v) is 7.95. The van der Waals surface area contributed by atoms with Crippen molar-refractivity contribution in [2.24, 2.45) is 0 Å². The van der Waals surface area contributed by atoms with Crippen LogP contribution in [-0.4, -0.2) is 20.9 Å². The zero-order chi connectivity index (χ0) is 17.8. The summed E-state index contributed by atoms with van der Waals surface area (Å²) in [5.41, 5.74) is 0.823. The molecule has 1 N–H and O–H groups in total. The molecule has 0 aliphatic carbocycles. The number of nitrogens with zero attached hydrogens (tertiary/aromatic N) is 3. The molecule has 126 valence electrons. The molecule has 0 saturated carbocycles. The van der Waals surface area contributed by atoms with E-state index in [1.54, 1.807) is 31.2 Å². The summed E-state index contributed by atoms with van der Waals surface area (Å²) in [5, 5.41) is 3.59. The number of hydrogen-bond acceptors (Lipinski definition) is 5. The van der Waals surface area contributed by atoms with Gasteiger partial charge in [0.15, 0.2) is 0 Å². The lowest BCUT2D eigenvalue weighted by atomic mass is 10.2. The van der Waals surface area contributed by atoms with Gasteiger partial charge in [0.1, 0.15) is 23.0 Å². The fourth-order valence-corrected chi connectivity index (χ4v) is 2.30. The van der Waals surface area contributed by atoms with Crippen molar-refractivity contribution in [2.75, 3.05) is 5.32 Å². The average Bonchev–Trinajstić information content (AvgIpc) is 2.56. The van der Waals surface area contributed by atoms with Crippen molar-refractivity contribution in [3.8, 4) is 11.5 Å². The van der Waals surface area contributed by atoms with E-state index in [1.165, 1.54) is 24.7 Å². The highest BCUT2D eigenvalue weighted by molar-refractivity contribution is 6.30. The fraction of sp³-hybridized carbons (Fsp3) is 0.0588. The molecule has 3 rings (SSSR count). The molecular formula is C17H12Cl2N4O2. The number of aromatic nitrogens is 3. The molecule has 0 unspecified atom stereocenters. The van der Waals surface area contributed by atoms with E-state index in [1.807, 2.05) is 0 Å². The van der Waals surface area contributed by atoms with Crippen molar-refractivity contribution >= 4 is 34.9 Å². The van der Waals surface area contributed by atoms with Crippen LogP contribution in [0.25, 0.3) is 0 Å². The van der Waals surface area contributed by atoms with Crippen LogP contribution in [0.3, 0.4) is 0 Å². The average molecular weight is 375 g/mol. The van der Waals surface area contributed by atoms with Crippen molar-refractivity contribution in [1.29, 1.82) is 0 Å². The highest BCUT2D eigenvalue weighted by Gasteiger charge is 2.12. The fourth-order valence-electron chi connectivity index (χ4n) is 2.03. The summed E-state index contributed by atoms with van der Waals surface area (Å²) in [6.07, 6.45) is 4.48. The Bertz CT molecular complexity index is 917. The molecule has 0 fully saturated rings. The summed E-state index contributed by atoms with van der Waals surface area (Å²) >= 11 is 11.7. The second-order valence-electron chi connectivity index (χ2n) is 5.09. The number of anilines is 1. The van der Waals surface area contributed by atoms with Gasteiger partial charge in [-0.3, -0.25) is 9.78 Å². The van der Waals surface area contributed by atoms with Gasteiger partial charge in [0.25, 0.3) is 5.91 Å². The first-order chi connectivity index (χ1) is 12.0. The lowest BCUT2D eigenvalue weighted by molar-refractivity contribution is 0.102. The number of nitrogens with one attached hydrogen (secondary N) is 1. The van der Waals surface area contributed by atoms with Crippen molar-refractivity contribution < 1.29 is 9.53 Å². The molecule has 0 aromatic carbocycles. The third kappa shape index (κ3) is 4.65. The quantitative estimate of drug-likeness (QED) is 0.725. The van der Waals surface area contributed by atoms with E-state index in [2.05, 4.69) is 20.3 Å². The molecule has 0 aliphatic heterocycles. The van der Waals surface area contributed by atoms with Gasteiger partial charge in [-0.25, -0.2) is 9.97 Å². The number of amides is 1. The van der Waals surface area contributed by atoms with Crippen LogP contribution in [0, 0.1) is 6.92 Å².